The van der Waals surface area contributed by atoms with Gasteiger partial charge in [-0.1, -0.05) is 33.8 Å². The highest BCUT2D eigenvalue weighted by atomic mass is 15.0. The molecule has 0 fully saturated rings. The van der Waals surface area contributed by atoms with E-state index in [1.807, 2.05) is 24.4 Å². The Bertz CT molecular complexity index is 265. The minimum Gasteiger partial charge on any atom is -0.370 e. The molecule has 0 spiro atoms. The van der Waals surface area contributed by atoms with Crippen LogP contribution < -0.4 is 5.32 Å². The first kappa shape index (κ1) is 11.0. The molecule has 0 unspecified atom stereocenters. The molecule has 0 atom stereocenters. The van der Waals surface area contributed by atoms with E-state index in [4.69, 9.17) is 0 Å². The van der Waals surface area contributed by atoms with Crippen molar-refractivity contribution in [3.63, 3.8) is 0 Å². The molecule has 14 heavy (non-hydrogen) atoms. The largest absolute Gasteiger partial charge is 0.370 e. The van der Waals surface area contributed by atoms with E-state index in [-0.39, 0.29) is 0 Å². The highest BCUT2D eigenvalue weighted by Gasteiger charge is 2.21. The van der Waals surface area contributed by atoms with Crippen LogP contribution in [0.15, 0.2) is 24.4 Å². The molecular weight excluding hydrogens is 172 g/mol. The van der Waals surface area contributed by atoms with Gasteiger partial charge in [-0.2, -0.15) is 0 Å². The van der Waals surface area contributed by atoms with Crippen LogP contribution in [0.2, 0.25) is 0 Å². The first-order chi connectivity index (χ1) is 6.52. The van der Waals surface area contributed by atoms with Crippen LogP contribution in [-0.2, 0) is 0 Å². The second-order valence-corrected chi connectivity index (χ2v) is 4.71. The zero-order valence-electron chi connectivity index (χ0n) is 9.54. The summed E-state index contributed by atoms with van der Waals surface area (Å²) in [4.78, 5) is 4.23. The maximum absolute atomic E-state index is 4.23. The lowest BCUT2D eigenvalue weighted by Gasteiger charge is -2.29. The van der Waals surface area contributed by atoms with E-state index >= 15 is 0 Å². The van der Waals surface area contributed by atoms with Gasteiger partial charge in [-0.25, -0.2) is 4.98 Å². The van der Waals surface area contributed by atoms with Crippen molar-refractivity contribution < 1.29 is 0 Å². The van der Waals surface area contributed by atoms with Crippen LogP contribution in [0.4, 0.5) is 5.82 Å². The molecule has 0 aliphatic carbocycles. The Morgan fingerprint density at radius 3 is 2.57 bits per heavy atom. The quantitative estimate of drug-likeness (QED) is 0.792. The van der Waals surface area contributed by atoms with Crippen molar-refractivity contribution in [2.24, 2.45) is 11.3 Å². The summed E-state index contributed by atoms with van der Waals surface area (Å²) >= 11 is 0. The van der Waals surface area contributed by atoms with Gasteiger partial charge in [-0.15, -0.1) is 0 Å². The standard InChI is InChI=1S/C12H20N2/c1-10(2)12(3,4)9-14-11-7-5-6-8-13-11/h5-8,10H,9H2,1-4H3,(H,13,14). The third-order valence-electron chi connectivity index (χ3n) is 2.95. The van der Waals surface area contributed by atoms with Crippen LogP contribution in [0, 0.1) is 11.3 Å². The average molecular weight is 192 g/mol. The molecule has 0 radical (unpaired) electrons. The Labute approximate surface area is 86.8 Å². The SMILES string of the molecule is CC(C)C(C)(C)CNc1ccccn1. The number of nitrogens with zero attached hydrogens (tertiary/aromatic N) is 1. The fraction of sp³-hybridized carbons (Fsp3) is 0.583. The van der Waals surface area contributed by atoms with Crippen molar-refractivity contribution in [2.45, 2.75) is 27.7 Å². The summed E-state index contributed by atoms with van der Waals surface area (Å²) in [5.74, 6) is 1.62. The van der Waals surface area contributed by atoms with Crippen LogP contribution in [0.5, 0.6) is 0 Å². The molecule has 0 bridgehead atoms. The molecule has 0 saturated carbocycles. The number of hydrogen-bond donors (Lipinski definition) is 1. The lowest BCUT2D eigenvalue weighted by atomic mass is 9.81. The summed E-state index contributed by atoms with van der Waals surface area (Å²) in [6.45, 7) is 10.0. The minimum atomic E-state index is 0.303. The van der Waals surface area contributed by atoms with E-state index in [2.05, 4.69) is 38.0 Å². The number of pyridine rings is 1. The smallest absolute Gasteiger partial charge is 0.125 e. The Hall–Kier alpha value is -1.05. The van der Waals surface area contributed by atoms with Gasteiger partial charge in [-0.3, -0.25) is 0 Å². The molecule has 1 aromatic heterocycles. The molecular formula is C12H20N2. The number of aromatic nitrogens is 1. The molecule has 1 aromatic rings. The van der Waals surface area contributed by atoms with Gasteiger partial charge < -0.3 is 5.32 Å². The van der Waals surface area contributed by atoms with E-state index in [0.717, 1.165) is 12.4 Å². The zero-order chi connectivity index (χ0) is 10.6. The molecule has 2 nitrogen and oxygen atoms in total. The zero-order valence-corrected chi connectivity index (χ0v) is 9.54. The fourth-order valence-corrected chi connectivity index (χ4v) is 0.990. The molecule has 0 amide bonds. The van der Waals surface area contributed by atoms with Gasteiger partial charge in [0.2, 0.25) is 0 Å². The normalized spacial score (nSPS) is 11.8. The predicted octanol–water partition coefficient (Wildman–Crippen LogP) is 3.18. The third kappa shape index (κ3) is 3.02. The van der Waals surface area contributed by atoms with Crippen molar-refractivity contribution in [1.29, 1.82) is 0 Å². The summed E-state index contributed by atoms with van der Waals surface area (Å²) in [5, 5.41) is 3.36. The van der Waals surface area contributed by atoms with Crippen molar-refractivity contribution in [1.82, 2.24) is 4.98 Å². The van der Waals surface area contributed by atoms with E-state index in [1.165, 1.54) is 0 Å². The van der Waals surface area contributed by atoms with Gasteiger partial charge in [0.1, 0.15) is 5.82 Å². The van der Waals surface area contributed by atoms with Crippen LogP contribution in [-0.4, -0.2) is 11.5 Å². The van der Waals surface area contributed by atoms with Gasteiger partial charge in [0.05, 0.1) is 0 Å². The summed E-state index contributed by atoms with van der Waals surface area (Å²) in [7, 11) is 0. The summed E-state index contributed by atoms with van der Waals surface area (Å²) in [6, 6.07) is 5.92. The van der Waals surface area contributed by atoms with E-state index in [1.54, 1.807) is 0 Å². The topological polar surface area (TPSA) is 24.9 Å². The van der Waals surface area contributed by atoms with Gasteiger partial charge >= 0.3 is 0 Å². The van der Waals surface area contributed by atoms with Crippen molar-refractivity contribution in [3.05, 3.63) is 24.4 Å². The number of hydrogen-bond acceptors (Lipinski definition) is 2. The monoisotopic (exact) mass is 192 g/mol. The summed E-state index contributed by atoms with van der Waals surface area (Å²) in [6.07, 6.45) is 1.81. The molecule has 78 valence electrons. The second-order valence-electron chi connectivity index (χ2n) is 4.71. The van der Waals surface area contributed by atoms with Gasteiger partial charge in [0.15, 0.2) is 0 Å². The molecule has 0 aliphatic rings. The Balaban J connectivity index is 2.49. The lowest BCUT2D eigenvalue weighted by Crippen LogP contribution is -2.28. The molecule has 0 aromatic carbocycles. The second kappa shape index (κ2) is 4.45. The van der Waals surface area contributed by atoms with Crippen molar-refractivity contribution in [3.8, 4) is 0 Å². The van der Waals surface area contributed by atoms with Gasteiger partial charge in [0, 0.05) is 12.7 Å². The molecule has 1 heterocycles. The van der Waals surface area contributed by atoms with E-state index < -0.39 is 0 Å². The van der Waals surface area contributed by atoms with Crippen molar-refractivity contribution in [2.75, 3.05) is 11.9 Å². The predicted molar refractivity (Wildman–Crippen MR) is 61.3 cm³/mol. The fourth-order valence-electron chi connectivity index (χ4n) is 0.990. The molecule has 1 rings (SSSR count). The number of rotatable bonds is 4. The Morgan fingerprint density at radius 1 is 1.36 bits per heavy atom. The van der Waals surface area contributed by atoms with Gasteiger partial charge in [-0.05, 0) is 23.5 Å². The van der Waals surface area contributed by atoms with Crippen LogP contribution in [0.3, 0.4) is 0 Å². The first-order valence-electron chi connectivity index (χ1n) is 5.17. The molecule has 0 saturated heterocycles. The Kier molecular flexibility index (Phi) is 3.50. The molecule has 2 heteroatoms. The highest BCUT2D eigenvalue weighted by Crippen LogP contribution is 2.25. The van der Waals surface area contributed by atoms with E-state index in [9.17, 15) is 0 Å². The maximum Gasteiger partial charge on any atom is 0.125 e. The molecule has 0 aliphatic heterocycles. The van der Waals surface area contributed by atoms with Gasteiger partial charge in [0.25, 0.3) is 0 Å². The summed E-state index contributed by atoms with van der Waals surface area (Å²) < 4.78 is 0. The third-order valence-corrected chi connectivity index (χ3v) is 2.95. The number of nitrogens with one attached hydrogen (secondary N) is 1. The van der Waals surface area contributed by atoms with Crippen LogP contribution in [0.1, 0.15) is 27.7 Å². The van der Waals surface area contributed by atoms with E-state index in [0.29, 0.717) is 11.3 Å². The Morgan fingerprint density at radius 2 is 2.07 bits per heavy atom. The lowest BCUT2D eigenvalue weighted by molar-refractivity contribution is 0.269. The van der Waals surface area contributed by atoms with Crippen LogP contribution in [0.25, 0.3) is 0 Å². The van der Waals surface area contributed by atoms with Crippen LogP contribution >= 0.6 is 0 Å². The maximum atomic E-state index is 4.23. The highest BCUT2D eigenvalue weighted by molar-refractivity contribution is 5.33. The van der Waals surface area contributed by atoms with Crippen molar-refractivity contribution >= 4 is 5.82 Å². The minimum absolute atomic E-state index is 0.303. The first-order valence-corrected chi connectivity index (χ1v) is 5.17. The number of anilines is 1. The molecule has 1 N–H and O–H groups in total. The summed E-state index contributed by atoms with van der Waals surface area (Å²) in [5.41, 5.74) is 0.303. The average Bonchev–Trinajstić information content (AvgIpc) is 2.16.